The first kappa shape index (κ1) is 17.8. The van der Waals surface area contributed by atoms with Crippen LogP contribution in [0.5, 0.6) is 5.75 Å². The summed E-state index contributed by atoms with van der Waals surface area (Å²) in [5, 5.41) is 3.29. The Labute approximate surface area is 143 Å². The second-order valence-corrected chi connectivity index (χ2v) is 5.21. The SMILES string of the molecule is CC(C)=CCCN=C(N)NC1CCOc2ccccc21.I. The Hall–Kier alpha value is -1.24. The summed E-state index contributed by atoms with van der Waals surface area (Å²) >= 11 is 0. The number of ether oxygens (including phenoxy) is 1. The van der Waals surface area contributed by atoms with E-state index in [-0.39, 0.29) is 30.0 Å². The maximum atomic E-state index is 5.96. The van der Waals surface area contributed by atoms with Crippen molar-refractivity contribution < 1.29 is 4.74 Å². The van der Waals surface area contributed by atoms with Crippen molar-refractivity contribution in [1.82, 2.24) is 5.32 Å². The summed E-state index contributed by atoms with van der Waals surface area (Å²) in [6, 6.07) is 8.25. The second kappa shape index (κ2) is 8.92. The molecular weight excluding hydrogens is 377 g/mol. The Bertz CT molecular complexity index is 510. The fraction of sp³-hybridized carbons (Fsp3) is 0.438. The number of rotatable bonds is 4. The molecule has 2 rings (SSSR count). The summed E-state index contributed by atoms with van der Waals surface area (Å²) in [4.78, 5) is 4.36. The normalized spacial score (nSPS) is 17.0. The van der Waals surface area contributed by atoms with Crippen LogP contribution in [-0.4, -0.2) is 19.1 Å². The summed E-state index contributed by atoms with van der Waals surface area (Å²) in [7, 11) is 0. The number of aliphatic imine (C=N–C) groups is 1. The molecule has 4 nitrogen and oxygen atoms in total. The predicted octanol–water partition coefficient (Wildman–Crippen LogP) is 3.39. The summed E-state index contributed by atoms with van der Waals surface area (Å²) < 4.78 is 5.63. The molecule has 21 heavy (non-hydrogen) atoms. The van der Waals surface area contributed by atoms with Crippen LogP contribution in [0.1, 0.15) is 38.3 Å². The van der Waals surface area contributed by atoms with Gasteiger partial charge in [-0.1, -0.05) is 29.8 Å². The van der Waals surface area contributed by atoms with Gasteiger partial charge in [-0.15, -0.1) is 24.0 Å². The highest BCUT2D eigenvalue weighted by Crippen LogP contribution is 2.31. The first-order chi connectivity index (χ1) is 9.66. The van der Waals surface area contributed by atoms with E-state index < -0.39 is 0 Å². The lowest BCUT2D eigenvalue weighted by Gasteiger charge is -2.26. The highest BCUT2D eigenvalue weighted by Gasteiger charge is 2.20. The molecule has 0 spiro atoms. The molecule has 1 aliphatic rings. The highest BCUT2D eigenvalue weighted by atomic mass is 127. The summed E-state index contributed by atoms with van der Waals surface area (Å²) in [6.07, 6.45) is 4.00. The van der Waals surface area contributed by atoms with Gasteiger partial charge in [0, 0.05) is 18.5 Å². The molecule has 5 heteroatoms. The van der Waals surface area contributed by atoms with E-state index in [1.54, 1.807) is 0 Å². The number of halogens is 1. The molecule has 1 aromatic rings. The van der Waals surface area contributed by atoms with Crippen molar-refractivity contribution in [3.8, 4) is 5.75 Å². The van der Waals surface area contributed by atoms with E-state index >= 15 is 0 Å². The third-order valence-electron chi connectivity index (χ3n) is 3.24. The molecule has 1 unspecified atom stereocenters. The number of nitrogens with zero attached hydrogens (tertiary/aromatic N) is 1. The smallest absolute Gasteiger partial charge is 0.189 e. The van der Waals surface area contributed by atoms with Crippen molar-refractivity contribution in [3.05, 3.63) is 41.5 Å². The van der Waals surface area contributed by atoms with E-state index in [0.29, 0.717) is 12.6 Å². The largest absolute Gasteiger partial charge is 0.493 e. The van der Waals surface area contributed by atoms with Gasteiger partial charge >= 0.3 is 0 Å². The van der Waals surface area contributed by atoms with Crippen molar-refractivity contribution in [2.24, 2.45) is 10.7 Å². The van der Waals surface area contributed by atoms with Gasteiger partial charge in [0.25, 0.3) is 0 Å². The number of nitrogens with two attached hydrogens (primary N) is 1. The van der Waals surface area contributed by atoms with Gasteiger partial charge in [0.05, 0.1) is 12.6 Å². The Kier molecular flexibility index (Phi) is 7.56. The quantitative estimate of drug-likeness (QED) is 0.267. The number of nitrogens with one attached hydrogen (secondary N) is 1. The minimum absolute atomic E-state index is 0. The standard InChI is InChI=1S/C16H23N3O.HI/c1-12(2)6-5-10-18-16(17)19-14-9-11-20-15-8-4-3-7-13(14)15;/h3-4,6-8,14H,5,9-11H2,1-2H3,(H3,17,18,19);1H. The summed E-state index contributed by atoms with van der Waals surface area (Å²) in [5.41, 5.74) is 8.42. The van der Waals surface area contributed by atoms with Crippen molar-refractivity contribution in [2.75, 3.05) is 13.2 Å². The number of benzene rings is 1. The van der Waals surface area contributed by atoms with Crippen LogP contribution in [0.4, 0.5) is 0 Å². The molecule has 0 aliphatic carbocycles. The fourth-order valence-corrected chi connectivity index (χ4v) is 2.25. The molecular formula is C16H24IN3O. The van der Waals surface area contributed by atoms with Crippen LogP contribution in [0.25, 0.3) is 0 Å². The van der Waals surface area contributed by atoms with Crippen LogP contribution >= 0.6 is 24.0 Å². The minimum atomic E-state index is 0. The van der Waals surface area contributed by atoms with Gasteiger partial charge in [-0.2, -0.15) is 0 Å². The molecule has 0 fully saturated rings. The van der Waals surface area contributed by atoms with Crippen molar-refractivity contribution in [1.29, 1.82) is 0 Å². The number of hydrogen-bond acceptors (Lipinski definition) is 2. The van der Waals surface area contributed by atoms with Gasteiger partial charge in [-0.3, -0.25) is 4.99 Å². The van der Waals surface area contributed by atoms with Gasteiger partial charge in [0.15, 0.2) is 5.96 Å². The van der Waals surface area contributed by atoms with E-state index in [1.807, 2.05) is 18.2 Å². The van der Waals surface area contributed by atoms with Crippen LogP contribution in [0.15, 0.2) is 40.9 Å². The summed E-state index contributed by atoms with van der Waals surface area (Å²) in [5.74, 6) is 1.45. The molecule has 0 saturated carbocycles. The zero-order valence-corrected chi connectivity index (χ0v) is 15.0. The number of hydrogen-bond donors (Lipinski definition) is 2. The Morgan fingerprint density at radius 2 is 2.19 bits per heavy atom. The van der Waals surface area contributed by atoms with Gasteiger partial charge in [0.1, 0.15) is 5.75 Å². The summed E-state index contributed by atoms with van der Waals surface area (Å²) in [6.45, 7) is 5.60. The first-order valence-electron chi connectivity index (χ1n) is 7.08. The molecule has 1 aromatic carbocycles. The number of allylic oxidation sites excluding steroid dienone is 1. The van der Waals surface area contributed by atoms with Crippen molar-refractivity contribution >= 4 is 29.9 Å². The van der Waals surface area contributed by atoms with Crippen LogP contribution < -0.4 is 15.8 Å². The second-order valence-electron chi connectivity index (χ2n) is 5.21. The lowest BCUT2D eigenvalue weighted by molar-refractivity contribution is 0.262. The number of para-hydroxylation sites is 1. The van der Waals surface area contributed by atoms with Crippen LogP contribution in [0.2, 0.25) is 0 Å². The molecule has 1 atom stereocenters. The van der Waals surface area contributed by atoms with E-state index in [1.165, 1.54) is 5.57 Å². The molecule has 3 N–H and O–H groups in total. The molecule has 0 saturated heterocycles. The molecule has 0 radical (unpaired) electrons. The van der Waals surface area contributed by atoms with Crippen molar-refractivity contribution in [2.45, 2.75) is 32.7 Å². The van der Waals surface area contributed by atoms with E-state index in [0.717, 1.165) is 30.7 Å². The first-order valence-corrected chi connectivity index (χ1v) is 7.08. The lowest BCUT2D eigenvalue weighted by atomic mass is 10.0. The topological polar surface area (TPSA) is 59.6 Å². The van der Waals surface area contributed by atoms with Gasteiger partial charge in [-0.25, -0.2) is 0 Å². The molecule has 1 aliphatic heterocycles. The molecule has 0 aromatic heterocycles. The number of guanidine groups is 1. The zero-order valence-electron chi connectivity index (χ0n) is 12.6. The third-order valence-corrected chi connectivity index (χ3v) is 3.24. The highest BCUT2D eigenvalue weighted by molar-refractivity contribution is 14.0. The monoisotopic (exact) mass is 401 g/mol. The van der Waals surface area contributed by atoms with E-state index in [2.05, 4.69) is 36.3 Å². The van der Waals surface area contributed by atoms with Crippen LogP contribution in [-0.2, 0) is 0 Å². The lowest BCUT2D eigenvalue weighted by Crippen LogP contribution is -2.37. The van der Waals surface area contributed by atoms with E-state index in [4.69, 9.17) is 10.5 Å². The molecule has 0 bridgehead atoms. The fourth-order valence-electron chi connectivity index (χ4n) is 2.25. The minimum Gasteiger partial charge on any atom is -0.493 e. The maximum absolute atomic E-state index is 5.96. The Morgan fingerprint density at radius 1 is 1.43 bits per heavy atom. The van der Waals surface area contributed by atoms with Gasteiger partial charge < -0.3 is 15.8 Å². The van der Waals surface area contributed by atoms with Crippen LogP contribution in [0, 0.1) is 0 Å². The van der Waals surface area contributed by atoms with E-state index in [9.17, 15) is 0 Å². The molecule has 0 amide bonds. The van der Waals surface area contributed by atoms with Gasteiger partial charge in [0.2, 0.25) is 0 Å². The molecule has 116 valence electrons. The van der Waals surface area contributed by atoms with Crippen LogP contribution in [0.3, 0.4) is 0 Å². The zero-order chi connectivity index (χ0) is 14.4. The van der Waals surface area contributed by atoms with Gasteiger partial charge in [-0.05, 0) is 26.3 Å². The average Bonchev–Trinajstić information content (AvgIpc) is 2.44. The maximum Gasteiger partial charge on any atom is 0.189 e. The predicted molar refractivity (Wildman–Crippen MR) is 98.4 cm³/mol. The molecule has 1 heterocycles. The Balaban J connectivity index is 0.00000220. The number of fused-ring (bicyclic) bond motifs is 1. The third kappa shape index (κ3) is 5.57. The average molecular weight is 401 g/mol. The van der Waals surface area contributed by atoms with Crippen molar-refractivity contribution in [3.63, 3.8) is 0 Å². The Morgan fingerprint density at radius 3 is 2.95 bits per heavy atom.